The van der Waals surface area contributed by atoms with E-state index in [0.717, 1.165) is 13.0 Å². The van der Waals surface area contributed by atoms with Gasteiger partial charge in [0.15, 0.2) is 0 Å². The second-order valence-electron chi connectivity index (χ2n) is 6.05. The summed E-state index contributed by atoms with van der Waals surface area (Å²) in [6, 6.07) is 0.200. The molecule has 1 heterocycles. The highest BCUT2D eigenvalue weighted by Gasteiger charge is 2.36. The molecular weight excluding hydrogens is 240 g/mol. The average Bonchev–Trinajstić information content (AvgIpc) is 2.38. The number of rotatable bonds is 8. The predicted octanol–water partition coefficient (Wildman–Crippen LogP) is 2.48. The van der Waals surface area contributed by atoms with Crippen LogP contribution in [-0.2, 0) is 4.79 Å². The Hall–Kier alpha value is -0.610. The van der Waals surface area contributed by atoms with E-state index < -0.39 is 11.5 Å². The first-order valence-corrected chi connectivity index (χ1v) is 7.73. The van der Waals surface area contributed by atoms with Crippen molar-refractivity contribution < 1.29 is 9.90 Å². The van der Waals surface area contributed by atoms with Gasteiger partial charge in [-0.3, -0.25) is 10.1 Å². The third-order valence-electron chi connectivity index (χ3n) is 4.10. The van der Waals surface area contributed by atoms with E-state index in [2.05, 4.69) is 10.2 Å². The van der Waals surface area contributed by atoms with Crippen LogP contribution in [0.3, 0.4) is 0 Å². The standard InChI is InChI=1S/C15H30N2O2/c1-4-15(14(18)19,16-13(2)3)9-8-12-17-10-6-5-7-11-17/h13,16H,4-12H2,1-3H3,(H,18,19). The SMILES string of the molecule is CCC(CCCN1CCCCC1)(NC(C)C)C(=O)O. The summed E-state index contributed by atoms with van der Waals surface area (Å²) < 4.78 is 0. The van der Waals surface area contributed by atoms with Gasteiger partial charge in [-0.15, -0.1) is 0 Å². The smallest absolute Gasteiger partial charge is 0.323 e. The van der Waals surface area contributed by atoms with Gasteiger partial charge in [-0.25, -0.2) is 0 Å². The Labute approximate surface area is 117 Å². The number of carbonyl (C=O) groups is 1. The molecule has 0 radical (unpaired) electrons. The third kappa shape index (κ3) is 5.11. The van der Waals surface area contributed by atoms with Gasteiger partial charge in [0.2, 0.25) is 0 Å². The molecule has 4 heteroatoms. The van der Waals surface area contributed by atoms with E-state index in [1.165, 1.54) is 32.4 Å². The Balaban J connectivity index is 2.45. The number of hydrogen-bond acceptors (Lipinski definition) is 3. The van der Waals surface area contributed by atoms with Gasteiger partial charge in [0.25, 0.3) is 0 Å². The Bertz CT molecular complexity index is 275. The fraction of sp³-hybridized carbons (Fsp3) is 0.933. The zero-order chi connectivity index (χ0) is 14.3. The largest absolute Gasteiger partial charge is 0.480 e. The van der Waals surface area contributed by atoms with Gasteiger partial charge >= 0.3 is 5.97 Å². The van der Waals surface area contributed by atoms with Crippen molar-refractivity contribution in [3.8, 4) is 0 Å². The van der Waals surface area contributed by atoms with Crippen LogP contribution < -0.4 is 5.32 Å². The molecule has 1 aliphatic heterocycles. The van der Waals surface area contributed by atoms with Gasteiger partial charge in [0, 0.05) is 6.04 Å². The van der Waals surface area contributed by atoms with Crippen molar-refractivity contribution in [2.75, 3.05) is 19.6 Å². The molecule has 0 aromatic carbocycles. The van der Waals surface area contributed by atoms with E-state index in [0.29, 0.717) is 12.8 Å². The molecule has 0 bridgehead atoms. The van der Waals surface area contributed by atoms with Crippen LogP contribution in [0, 0.1) is 0 Å². The normalized spacial score (nSPS) is 20.4. The minimum atomic E-state index is -0.746. The molecule has 0 saturated carbocycles. The summed E-state index contributed by atoms with van der Waals surface area (Å²) in [6.07, 6.45) is 6.25. The maximum atomic E-state index is 11.6. The number of nitrogens with one attached hydrogen (secondary N) is 1. The van der Waals surface area contributed by atoms with E-state index in [1.807, 2.05) is 20.8 Å². The van der Waals surface area contributed by atoms with Gasteiger partial charge in [-0.05, 0) is 65.6 Å². The lowest BCUT2D eigenvalue weighted by Crippen LogP contribution is -2.54. The highest BCUT2D eigenvalue weighted by molar-refractivity contribution is 5.78. The van der Waals surface area contributed by atoms with Crippen LogP contribution in [0.25, 0.3) is 0 Å². The Morgan fingerprint density at radius 2 is 1.95 bits per heavy atom. The quantitative estimate of drug-likeness (QED) is 0.711. The van der Waals surface area contributed by atoms with E-state index >= 15 is 0 Å². The van der Waals surface area contributed by atoms with Crippen molar-refractivity contribution in [1.29, 1.82) is 0 Å². The molecule has 1 atom stereocenters. The van der Waals surface area contributed by atoms with Crippen molar-refractivity contribution in [1.82, 2.24) is 10.2 Å². The minimum Gasteiger partial charge on any atom is -0.480 e. The van der Waals surface area contributed by atoms with Crippen molar-refractivity contribution in [2.45, 2.75) is 70.9 Å². The zero-order valence-electron chi connectivity index (χ0n) is 12.7. The van der Waals surface area contributed by atoms with Crippen LogP contribution in [0.5, 0.6) is 0 Å². The number of hydrogen-bond donors (Lipinski definition) is 2. The highest BCUT2D eigenvalue weighted by Crippen LogP contribution is 2.20. The summed E-state index contributed by atoms with van der Waals surface area (Å²) in [5, 5.41) is 12.8. The molecule has 0 aromatic rings. The van der Waals surface area contributed by atoms with Crippen LogP contribution in [0.15, 0.2) is 0 Å². The van der Waals surface area contributed by atoms with Gasteiger partial charge in [-0.1, -0.05) is 13.3 Å². The second-order valence-corrected chi connectivity index (χ2v) is 6.05. The van der Waals surface area contributed by atoms with Crippen LogP contribution in [0.1, 0.15) is 59.3 Å². The number of carboxylic acids is 1. The lowest BCUT2D eigenvalue weighted by molar-refractivity contribution is -0.145. The van der Waals surface area contributed by atoms with Gasteiger partial charge in [-0.2, -0.15) is 0 Å². The molecule has 0 spiro atoms. The van der Waals surface area contributed by atoms with Crippen molar-refractivity contribution in [3.63, 3.8) is 0 Å². The second kappa shape index (κ2) is 7.85. The number of likely N-dealkylation sites (tertiary alicyclic amines) is 1. The summed E-state index contributed by atoms with van der Waals surface area (Å²) in [6.45, 7) is 9.39. The summed E-state index contributed by atoms with van der Waals surface area (Å²) >= 11 is 0. The molecule has 1 unspecified atom stereocenters. The first-order valence-electron chi connectivity index (χ1n) is 7.73. The highest BCUT2D eigenvalue weighted by atomic mass is 16.4. The first-order chi connectivity index (χ1) is 9.00. The topological polar surface area (TPSA) is 52.6 Å². The average molecular weight is 270 g/mol. The van der Waals surface area contributed by atoms with Crippen LogP contribution >= 0.6 is 0 Å². The summed E-state index contributed by atoms with van der Waals surface area (Å²) in [5.74, 6) is -0.706. The predicted molar refractivity (Wildman–Crippen MR) is 78.5 cm³/mol. The molecule has 2 N–H and O–H groups in total. The third-order valence-corrected chi connectivity index (χ3v) is 4.10. The minimum absolute atomic E-state index is 0.200. The lowest BCUT2D eigenvalue weighted by Gasteiger charge is -2.33. The molecule has 0 amide bonds. The van der Waals surface area contributed by atoms with Gasteiger partial charge in [0.05, 0.1) is 0 Å². The number of carboxylic acid groups (broad SMARTS) is 1. The maximum Gasteiger partial charge on any atom is 0.323 e. The van der Waals surface area contributed by atoms with E-state index in [4.69, 9.17) is 0 Å². The molecule has 0 aromatic heterocycles. The van der Waals surface area contributed by atoms with E-state index in [-0.39, 0.29) is 6.04 Å². The fourth-order valence-corrected chi connectivity index (χ4v) is 3.01. The molecular formula is C15H30N2O2. The molecule has 1 aliphatic rings. The Morgan fingerprint density at radius 3 is 2.42 bits per heavy atom. The van der Waals surface area contributed by atoms with Gasteiger partial charge < -0.3 is 10.0 Å². The molecule has 0 aliphatic carbocycles. The Kier molecular flexibility index (Phi) is 6.80. The number of nitrogens with zero attached hydrogens (tertiary/aromatic N) is 1. The molecule has 1 saturated heterocycles. The van der Waals surface area contributed by atoms with E-state index in [9.17, 15) is 9.90 Å². The van der Waals surface area contributed by atoms with Crippen LogP contribution in [0.2, 0.25) is 0 Å². The number of aliphatic carboxylic acids is 1. The summed E-state index contributed by atoms with van der Waals surface area (Å²) in [5.41, 5.74) is -0.746. The molecule has 112 valence electrons. The Morgan fingerprint density at radius 1 is 1.32 bits per heavy atom. The molecule has 1 fully saturated rings. The number of piperidine rings is 1. The monoisotopic (exact) mass is 270 g/mol. The van der Waals surface area contributed by atoms with Crippen molar-refractivity contribution in [3.05, 3.63) is 0 Å². The van der Waals surface area contributed by atoms with Crippen molar-refractivity contribution >= 4 is 5.97 Å². The summed E-state index contributed by atoms with van der Waals surface area (Å²) in [4.78, 5) is 14.1. The van der Waals surface area contributed by atoms with Crippen LogP contribution in [0.4, 0.5) is 0 Å². The molecule has 4 nitrogen and oxygen atoms in total. The van der Waals surface area contributed by atoms with Gasteiger partial charge in [0.1, 0.15) is 5.54 Å². The maximum absolute atomic E-state index is 11.6. The van der Waals surface area contributed by atoms with E-state index in [1.54, 1.807) is 0 Å². The van der Waals surface area contributed by atoms with Crippen LogP contribution in [-0.4, -0.2) is 47.2 Å². The first kappa shape index (κ1) is 16.4. The summed E-state index contributed by atoms with van der Waals surface area (Å²) in [7, 11) is 0. The zero-order valence-corrected chi connectivity index (χ0v) is 12.7. The fourth-order valence-electron chi connectivity index (χ4n) is 3.01. The molecule has 19 heavy (non-hydrogen) atoms. The van der Waals surface area contributed by atoms with Crippen molar-refractivity contribution in [2.24, 2.45) is 0 Å². The lowest BCUT2D eigenvalue weighted by atomic mass is 9.89. The molecule has 1 rings (SSSR count).